The lowest BCUT2D eigenvalue weighted by molar-refractivity contribution is 0.669. The highest BCUT2D eigenvalue weighted by Gasteiger charge is 2.17. The zero-order valence-corrected chi connectivity index (χ0v) is 25.1. The van der Waals surface area contributed by atoms with Crippen molar-refractivity contribution in [2.75, 3.05) is 0 Å². The first-order chi connectivity index (χ1) is 21.7. The first-order valence-corrected chi connectivity index (χ1v) is 15.2. The van der Waals surface area contributed by atoms with E-state index in [4.69, 9.17) is 14.4 Å². The molecule has 5 aromatic carbocycles. The number of hydrogen-bond acceptors (Lipinski definition) is 4. The summed E-state index contributed by atoms with van der Waals surface area (Å²) in [6.45, 7) is 0. The second-order valence-electron chi connectivity index (χ2n) is 10.6. The molecule has 0 spiro atoms. The summed E-state index contributed by atoms with van der Waals surface area (Å²) in [5.41, 5.74) is 10.8. The summed E-state index contributed by atoms with van der Waals surface area (Å²) >= 11 is 3.88. The van der Waals surface area contributed by atoms with Crippen LogP contribution in [-0.4, -0.2) is 15.0 Å². The highest BCUT2D eigenvalue weighted by Crippen LogP contribution is 2.39. The van der Waals surface area contributed by atoms with Gasteiger partial charge in [0.2, 0.25) is 0 Å². The van der Waals surface area contributed by atoms with E-state index in [-0.39, 0.29) is 0 Å². The fourth-order valence-corrected chi connectivity index (χ4v) is 6.30. The van der Waals surface area contributed by atoms with Gasteiger partial charge < -0.3 is 4.42 Å². The molecule has 0 saturated heterocycles. The van der Waals surface area contributed by atoms with Gasteiger partial charge in [-0.2, -0.15) is 0 Å². The highest BCUT2D eigenvalue weighted by atomic mass is 79.9. The third-order valence-electron chi connectivity index (χ3n) is 7.89. The van der Waals surface area contributed by atoms with Crippen LogP contribution in [0.3, 0.4) is 0 Å². The maximum absolute atomic E-state index is 6.20. The maximum Gasteiger partial charge on any atom is 0.160 e. The number of pyridine rings is 1. The molecule has 0 saturated carbocycles. The van der Waals surface area contributed by atoms with Gasteiger partial charge in [-0.3, -0.25) is 4.98 Å². The molecule has 0 aliphatic heterocycles. The maximum atomic E-state index is 6.20. The molecule has 44 heavy (non-hydrogen) atoms. The summed E-state index contributed by atoms with van der Waals surface area (Å²) in [7, 11) is 0. The van der Waals surface area contributed by atoms with E-state index >= 15 is 0 Å². The molecule has 3 heterocycles. The second kappa shape index (κ2) is 11.0. The first-order valence-electron chi connectivity index (χ1n) is 14.4. The number of furan rings is 1. The van der Waals surface area contributed by atoms with E-state index in [1.165, 1.54) is 0 Å². The SMILES string of the molecule is Brc1cc(-c2ccc(-c3cccnc3)cc2)ccc1-c1cc(-c2cccc3oc4ccccc4c23)nc(-c2ccccc2)n1. The Kier molecular flexibility index (Phi) is 6.58. The van der Waals surface area contributed by atoms with E-state index < -0.39 is 0 Å². The van der Waals surface area contributed by atoms with Gasteiger partial charge in [-0.25, -0.2) is 9.97 Å². The molecule has 0 aliphatic rings. The van der Waals surface area contributed by atoms with Crippen molar-refractivity contribution in [3.05, 3.63) is 150 Å². The molecular formula is C39H24BrN3O. The predicted molar refractivity (Wildman–Crippen MR) is 182 cm³/mol. The predicted octanol–water partition coefficient (Wildman–Crippen LogP) is 10.9. The van der Waals surface area contributed by atoms with Gasteiger partial charge in [0.05, 0.1) is 11.4 Å². The number of nitrogens with zero attached hydrogens (tertiary/aromatic N) is 3. The van der Waals surface area contributed by atoms with Crippen LogP contribution in [0.4, 0.5) is 0 Å². The van der Waals surface area contributed by atoms with Crippen LogP contribution >= 0.6 is 15.9 Å². The molecule has 0 radical (unpaired) electrons. The number of para-hydroxylation sites is 1. The quantitative estimate of drug-likeness (QED) is 0.190. The molecule has 5 heteroatoms. The van der Waals surface area contributed by atoms with Crippen molar-refractivity contribution in [2.24, 2.45) is 0 Å². The van der Waals surface area contributed by atoms with E-state index in [2.05, 4.69) is 87.6 Å². The lowest BCUT2D eigenvalue weighted by atomic mass is 9.98. The molecule has 0 bridgehead atoms. The molecular weight excluding hydrogens is 606 g/mol. The normalized spacial score (nSPS) is 11.3. The van der Waals surface area contributed by atoms with Crippen LogP contribution in [0, 0.1) is 0 Å². The van der Waals surface area contributed by atoms with Crippen molar-refractivity contribution >= 4 is 37.9 Å². The van der Waals surface area contributed by atoms with Crippen molar-refractivity contribution in [1.29, 1.82) is 0 Å². The molecule has 0 unspecified atom stereocenters. The number of fused-ring (bicyclic) bond motifs is 3. The van der Waals surface area contributed by atoms with Crippen molar-refractivity contribution in [1.82, 2.24) is 15.0 Å². The van der Waals surface area contributed by atoms with Crippen LogP contribution in [0.15, 0.2) is 155 Å². The topological polar surface area (TPSA) is 51.8 Å². The summed E-state index contributed by atoms with van der Waals surface area (Å²) in [6.07, 6.45) is 3.68. The largest absolute Gasteiger partial charge is 0.456 e. The molecule has 0 amide bonds. The molecule has 208 valence electrons. The molecule has 4 nitrogen and oxygen atoms in total. The Labute approximate surface area is 262 Å². The van der Waals surface area contributed by atoms with Gasteiger partial charge in [-0.1, -0.05) is 119 Å². The summed E-state index contributed by atoms with van der Waals surface area (Å²) in [6, 6.07) is 45.5. The van der Waals surface area contributed by atoms with Gasteiger partial charge >= 0.3 is 0 Å². The van der Waals surface area contributed by atoms with Crippen molar-refractivity contribution in [3.8, 4) is 56.2 Å². The fraction of sp³-hybridized carbons (Fsp3) is 0. The smallest absolute Gasteiger partial charge is 0.160 e. The van der Waals surface area contributed by atoms with Gasteiger partial charge in [0.1, 0.15) is 11.2 Å². The van der Waals surface area contributed by atoms with Gasteiger partial charge in [0.25, 0.3) is 0 Å². The van der Waals surface area contributed by atoms with Crippen LogP contribution in [0.25, 0.3) is 78.1 Å². The minimum atomic E-state index is 0.671. The Morgan fingerprint density at radius 2 is 1.18 bits per heavy atom. The Hall–Kier alpha value is -5.39. The van der Waals surface area contributed by atoms with Crippen LogP contribution in [0.5, 0.6) is 0 Å². The molecule has 8 rings (SSSR count). The second-order valence-corrected chi connectivity index (χ2v) is 11.5. The van der Waals surface area contributed by atoms with Gasteiger partial charge in [-0.05, 0) is 52.6 Å². The highest BCUT2D eigenvalue weighted by molar-refractivity contribution is 9.10. The molecule has 0 fully saturated rings. The van der Waals surface area contributed by atoms with Gasteiger partial charge in [0, 0.05) is 44.3 Å². The summed E-state index contributed by atoms with van der Waals surface area (Å²) in [5, 5.41) is 2.12. The summed E-state index contributed by atoms with van der Waals surface area (Å²) in [4.78, 5) is 14.4. The lowest BCUT2D eigenvalue weighted by Crippen LogP contribution is -1.96. The van der Waals surface area contributed by atoms with E-state index in [9.17, 15) is 0 Å². The molecule has 0 atom stereocenters. The number of hydrogen-bond donors (Lipinski definition) is 0. The van der Waals surface area contributed by atoms with Crippen molar-refractivity contribution < 1.29 is 4.42 Å². The number of aromatic nitrogens is 3. The van der Waals surface area contributed by atoms with E-state index in [1.807, 2.05) is 72.9 Å². The van der Waals surface area contributed by atoms with Crippen LogP contribution in [0.2, 0.25) is 0 Å². The average molecular weight is 631 g/mol. The molecule has 0 aliphatic carbocycles. The monoisotopic (exact) mass is 629 g/mol. The van der Waals surface area contributed by atoms with E-state index in [0.29, 0.717) is 5.82 Å². The van der Waals surface area contributed by atoms with E-state index in [1.54, 1.807) is 6.20 Å². The van der Waals surface area contributed by atoms with Gasteiger partial charge in [0.15, 0.2) is 5.82 Å². The van der Waals surface area contributed by atoms with Crippen molar-refractivity contribution in [2.45, 2.75) is 0 Å². The zero-order chi connectivity index (χ0) is 29.5. The van der Waals surface area contributed by atoms with Crippen LogP contribution in [0.1, 0.15) is 0 Å². The minimum Gasteiger partial charge on any atom is -0.456 e. The summed E-state index contributed by atoms with van der Waals surface area (Å²) < 4.78 is 7.16. The standard InChI is InChI=1S/C39H24BrN3O/c40-33-22-28(25-15-17-26(18-16-25)29-10-7-21-41-24-29)19-20-30(33)34-23-35(43-39(42-34)27-8-2-1-3-9-27)31-12-6-14-37-38(31)32-11-4-5-13-36(32)44-37/h1-24H. The third-order valence-corrected chi connectivity index (χ3v) is 8.55. The van der Waals surface area contributed by atoms with Crippen molar-refractivity contribution in [3.63, 3.8) is 0 Å². The molecule has 0 N–H and O–H groups in total. The Bertz CT molecular complexity index is 2280. The number of benzene rings is 5. The summed E-state index contributed by atoms with van der Waals surface area (Å²) in [5.74, 6) is 0.671. The van der Waals surface area contributed by atoms with Crippen LogP contribution < -0.4 is 0 Å². The minimum absolute atomic E-state index is 0.671. The first kappa shape index (κ1) is 26.3. The lowest BCUT2D eigenvalue weighted by Gasteiger charge is -2.12. The Balaban J connectivity index is 1.24. The number of halogens is 1. The fourth-order valence-electron chi connectivity index (χ4n) is 5.72. The molecule has 3 aromatic heterocycles. The number of rotatable bonds is 5. The molecule has 8 aromatic rings. The van der Waals surface area contributed by atoms with E-state index in [0.717, 1.165) is 76.7 Å². The Morgan fingerprint density at radius 3 is 1.95 bits per heavy atom. The van der Waals surface area contributed by atoms with Crippen LogP contribution in [-0.2, 0) is 0 Å². The average Bonchev–Trinajstić information content (AvgIpc) is 3.48. The van der Waals surface area contributed by atoms with Gasteiger partial charge in [-0.15, -0.1) is 0 Å². The zero-order valence-electron chi connectivity index (χ0n) is 23.5. The Morgan fingerprint density at radius 1 is 0.500 bits per heavy atom. The third kappa shape index (κ3) is 4.77.